The Hall–Kier alpha value is -0.910. The zero-order valence-electron chi connectivity index (χ0n) is 11.4. The maximum atomic E-state index is 11.8. The molecule has 0 spiro atoms. The number of carbonyl (C=O) groups is 1. The van der Waals surface area contributed by atoms with Crippen LogP contribution in [0.1, 0.15) is 19.3 Å². The molecule has 20 heavy (non-hydrogen) atoms. The number of aliphatic hydroxyl groups is 1. The number of carbonyl (C=O) groups excluding carboxylic acids is 1. The molecule has 1 aromatic carbocycles. The molecule has 0 radical (unpaired) electrons. The lowest BCUT2D eigenvalue weighted by atomic mass is 9.97. The zero-order chi connectivity index (χ0) is 14.4. The molecule has 2 rings (SSSR count). The van der Waals surface area contributed by atoms with Crippen LogP contribution >= 0.6 is 15.9 Å². The van der Waals surface area contributed by atoms with Crippen molar-refractivity contribution in [2.75, 3.05) is 25.0 Å². The fourth-order valence-corrected chi connectivity index (χ4v) is 3.13. The van der Waals surface area contributed by atoms with E-state index >= 15 is 0 Å². The van der Waals surface area contributed by atoms with E-state index in [-0.39, 0.29) is 12.5 Å². The summed E-state index contributed by atoms with van der Waals surface area (Å²) in [7, 11) is 0. The van der Waals surface area contributed by atoms with Gasteiger partial charge in [0.15, 0.2) is 0 Å². The summed E-state index contributed by atoms with van der Waals surface area (Å²) in [5.41, 5.74) is 0.786. The van der Waals surface area contributed by atoms with Gasteiger partial charge in [-0.05, 0) is 59.3 Å². The third-order valence-electron chi connectivity index (χ3n) is 3.89. The first kappa shape index (κ1) is 15.5. The molecule has 1 aliphatic rings. The molecule has 1 fully saturated rings. The molecule has 0 bridgehead atoms. The molecule has 4 nitrogen and oxygen atoms in total. The molecular formula is C15H21BrN2O2. The van der Waals surface area contributed by atoms with Gasteiger partial charge in [0.1, 0.15) is 0 Å². The first-order valence-electron chi connectivity index (χ1n) is 7.06. The minimum atomic E-state index is -0.0459. The Morgan fingerprint density at radius 3 is 2.80 bits per heavy atom. The van der Waals surface area contributed by atoms with Crippen molar-refractivity contribution in [3.05, 3.63) is 28.7 Å². The molecule has 1 aromatic rings. The zero-order valence-corrected chi connectivity index (χ0v) is 13.0. The Balaban J connectivity index is 1.72. The number of aliphatic hydroxyl groups excluding tert-OH is 1. The van der Waals surface area contributed by atoms with Crippen molar-refractivity contribution in [2.45, 2.75) is 19.3 Å². The van der Waals surface area contributed by atoms with Crippen molar-refractivity contribution >= 4 is 27.5 Å². The van der Waals surface area contributed by atoms with Gasteiger partial charge in [-0.15, -0.1) is 0 Å². The molecule has 2 atom stereocenters. The van der Waals surface area contributed by atoms with Crippen molar-refractivity contribution in [1.29, 1.82) is 0 Å². The summed E-state index contributed by atoms with van der Waals surface area (Å²) >= 11 is 3.40. The third kappa shape index (κ3) is 4.30. The topological polar surface area (TPSA) is 61.4 Å². The van der Waals surface area contributed by atoms with E-state index in [0.29, 0.717) is 18.4 Å². The number of amides is 1. The van der Waals surface area contributed by atoms with Gasteiger partial charge in [0.05, 0.1) is 12.2 Å². The van der Waals surface area contributed by atoms with Crippen LogP contribution in [0.5, 0.6) is 0 Å². The lowest BCUT2D eigenvalue weighted by molar-refractivity contribution is -0.115. The number of halogens is 1. The number of anilines is 1. The van der Waals surface area contributed by atoms with Crippen LogP contribution < -0.4 is 10.6 Å². The van der Waals surface area contributed by atoms with Crippen LogP contribution in [0.3, 0.4) is 0 Å². The summed E-state index contributed by atoms with van der Waals surface area (Å²) in [6.45, 7) is 1.36. The van der Waals surface area contributed by atoms with E-state index in [0.717, 1.165) is 29.5 Å². The van der Waals surface area contributed by atoms with E-state index in [9.17, 15) is 9.90 Å². The fraction of sp³-hybridized carbons (Fsp3) is 0.533. The van der Waals surface area contributed by atoms with Gasteiger partial charge in [-0.2, -0.15) is 0 Å². The highest BCUT2D eigenvalue weighted by molar-refractivity contribution is 9.10. The predicted molar refractivity (Wildman–Crippen MR) is 83.6 cm³/mol. The Morgan fingerprint density at radius 2 is 2.05 bits per heavy atom. The number of hydrogen-bond donors (Lipinski definition) is 3. The number of rotatable bonds is 6. The second-order valence-corrected chi connectivity index (χ2v) is 6.15. The van der Waals surface area contributed by atoms with Crippen LogP contribution in [0.25, 0.3) is 0 Å². The predicted octanol–water partition coefficient (Wildman–Crippen LogP) is 2.39. The number of benzene rings is 1. The minimum absolute atomic E-state index is 0.0459. The molecule has 0 saturated heterocycles. The van der Waals surface area contributed by atoms with Crippen molar-refractivity contribution in [1.82, 2.24) is 5.32 Å². The molecule has 0 heterocycles. The molecule has 0 aromatic heterocycles. The van der Waals surface area contributed by atoms with E-state index in [1.807, 2.05) is 24.3 Å². The fourth-order valence-electron chi connectivity index (χ4n) is 2.75. The van der Waals surface area contributed by atoms with Gasteiger partial charge in [0, 0.05) is 11.1 Å². The summed E-state index contributed by atoms with van der Waals surface area (Å²) < 4.78 is 0.879. The van der Waals surface area contributed by atoms with Crippen LogP contribution in [-0.2, 0) is 4.79 Å². The molecule has 3 N–H and O–H groups in total. The highest BCUT2D eigenvalue weighted by Gasteiger charge is 2.26. The summed E-state index contributed by atoms with van der Waals surface area (Å²) in [4.78, 5) is 11.8. The molecule has 5 heteroatoms. The Morgan fingerprint density at radius 1 is 1.30 bits per heavy atom. The smallest absolute Gasteiger partial charge is 0.238 e. The minimum Gasteiger partial charge on any atom is -0.396 e. The Labute approximate surface area is 128 Å². The number of para-hydroxylation sites is 1. The third-order valence-corrected chi connectivity index (χ3v) is 4.58. The molecule has 1 aliphatic carbocycles. The van der Waals surface area contributed by atoms with E-state index in [1.165, 1.54) is 6.42 Å². The largest absolute Gasteiger partial charge is 0.396 e. The molecule has 0 aliphatic heterocycles. The van der Waals surface area contributed by atoms with Gasteiger partial charge >= 0.3 is 0 Å². The summed E-state index contributed by atoms with van der Waals surface area (Å²) in [5, 5.41) is 15.3. The van der Waals surface area contributed by atoms with Gasteiger partial charge in [-0.25, -0.2) is 0 Å². The second-order valence-electron chi connectivity index (χ2n) is 5.29. The maximum Gasteiger partial charge on any atom is 0.238 e. The monoisotopic (exact) mass is 340 g/mol. The Kier molecular flexibility index (Phi) is 6.01. The normalized spacial score (nSPS) is 21.9. The molecule has 1 amide bonds. The van der Waals surface area contributed by atoms with Crippen molar-refractivity contribution < 1.29 is 9.90 Å². The molecule has 2 unspecified atom stereocenters. The molecule has 110 valence electrons. The van der Waals surface area contributed by atoms with Gasteiger partial charge in [0.2, 0.25) is 5.91 Å². The standard InChI is InChI=1S/C15H21BrN2O2/c16-13-6-1-2-7-14(13)18-15(20)9-17-8-11-4-3-5-12(11)10-19/h1-2,6-7,11-12,17,19H,3-5,8-10H2,(H,18,20). The first-order valence-corrected chi connectivity index (χ1v) is 7.86. The highest BCUT2D eigenvalue weighted by atomic mass is 79.9. The lowest BCUT2D eigenvalue weighted by Gasteiger charge is -2.17. The molecular weight excluding hydrogens is 320 g/mol. The van der Waals surface area contributed by atoms with Crippen molar-refractivity contribution in [3.63, 3.8) is 0 Å². The number of nitrogens with one attached hydrogen (secondary N) is 2. The maximum absolute atomic E-state index is 11.8. The summed E-state index contributed by atoms with van der Waals surface area (Å²) in [5.74, 6) is 0.848. The average Bonchev–Trinajstić information content (AvgIpc) is 2.89. The van der Waals surface area contributed by atoms with E-state index < -0.39 is 0 Å². The van der Waals surface area contributed by atoms with E-state index in [2.05, 4.69) is 26.6 Å². The molecule has 1 saturated carbocycles. The van der Waals surface area contributed by atoms with Gasteiger partial charge in [-0.1, -0.05) is 18.6 Å². The Bertz CT molecular complexity index is 453. The van der Waals surface area contributed by atoms with Crippen molar-refractivity contribution in [3.8, 4) is 0 Å². The lowest BCUT2D eigenvalue weighted by Crippen LogP contribution is -2.33. The van der Waals surface area contributed by atoms with E-state index in [1.54, 1.807) is 0 Å². The second kappa shape index (κ2) is 7.76. The van der Waals surface area contributed by atoms with Crippen LogP contribution in [-0.4, -0.2) is 30.7 Å². The van der Waals surface area contributed by atoms with Crippen LogP contribution in [0.2, 0.25) is 0 Å². The highest BCUT2D eigenvalue weighted by Crippen LogP contribution is 2.30. The van der Waals surface area contributed by atoms with Gasteiger partial charge in [0.25, 0.3) is 0 Å². The summed E-state index contributed by atoms with van der Waals surface area (Å²) in [6.07, 6.45) is 3.43. The number of hydrogen-bond acceptors (Lipinski definition) is 3. The van der Waals surface area contributed by atoms with Crippen LogP contribution in [0.15, 0.2) is 28.7 Å². The van der Waals surface area contributed by atoms with E-state index in [4.69, 9.17) is 0 Å². The quantitative estimate of drug-likeness (QED) is 0.745. The van der Waals surface area contributed by atoms with Crippen LogP contribution in [0.4, 0.5) is 5.69 Å². The van der Waals surface area contributed by atoms with Gasteiger partial charge < -0.3 is 15.7 Å². The van der Waals surface area contributed by atoms with Crippen LogP contribution in [0, 0.1) is 11.8 Å². The summed E-state index contributed by atoms with van der Waals surface area (Å²) in [6, 6.07) is 7.56. The van der Waals surface area contributed by atoms with Crippen molar-refractivity contribution in [2.24, 2.45) is 11.8 Å². The average molecular weight is 341 g/mol. The SMILES string of the molecule is O=C(CNCC1CCCC1CO)Nc1ccccc1Br. The van der Waals surface area contributed by atoms with Gasteiger partial charge in [-0.3, -0.25) is 4.79 Å². The first-order chi connectivity index (χ1) is 9.70.